The van der Waals surface area contributed by atoms with E-state index in [0.717, 1.165) is 0 Å². The van der Waals surface area contributed by atoms with Crippen LogP contribution in [0.3, 0.4) is 0 Å². The monoisotopic (exact) mass is 154 g/mol. The zero-order valence-electron chi connectivity index (χ0n) is 6.46. The molecule has 0 aliphatic carbocycles. The second kappa shape index (κ2) is 2.70. The Balaban J connectivity index is 3.24. The molecule has 0 atom stereocenters. The predicted molar refractivity (Wildman–Crippen MR) is 41.1 cm³/mol. The van der Waals surface area contributed by atoms with Gasteiger partial charge in [0.05, 0.1) is 7.11 Å². The molecule has 0 radical (unpaired) electrons. The van der Waals surface area contributed by atoms with E-state index in [2.05, 4.69) is 0 Å². The Kier molecular flexibility index (Phi) is 1.89. The van der Waals surface area contributed by atoms with Crippen molar-refractivity contribution >= 4 is 0 Å². The molecule has 0 unspecified atom stereocenters. The van der Waals surface area contributed by atoms with Crippen molar-refractivity contribution in [3.8, 4) is 17.2 Å². The molecule has 1 aromatic carbocycles. The lowest BCUT2D eigenvalue weighted by Crippen LogP contribution is -1.85. The summed E-state index contributed by atoms with van der Waals surface area (Å²) in [5, 5.41) is 18.3. The Morgan fingerprint density at radius 2 is 1.91 bits per heavy atom. The van der Waals surface area contributed by atoms with Crippen molar-refractivity contribution in [2.45, 2.75) is 6.92 Å². The summed E-state index contributed by atoms with van der Waals surface area (Å²) in [5.74, 6) is 0.463. The van der Waals surface area contributed by atoms with Gasteiger partial charge in [-0.2, -0.15) is 0 Å². The highest BCUT2D eigenvalue weighted by Crippen LogP contribution is 2.32. The van der Waals surface area contributed by atoms with Gasteiger partial charge < -0.3 is 14.9 Å². The van der Waals surface area contributed by atoms with E-state index in [1.165, 1.54) is 19.2 Å². The van der Waals surface area contributed by atoms with E-state index in [1.807, 2.05) is 0 Å². The van der Waals surface area contributed by atoms with Crippen molar-refractivity contribution in [3.05, 3.63) is 17.7 Å². The number of hydrogen-bond donors (Lipinski definition) is 2. The first-order chi connectivity index (χ1) is 5.15. The molecule has 0 aliphatic rings. The van der Waals surface area contributed by atoms with E-state index in [9.17, 15) is 5.11 Å². The number of aromatic hydroxyl groups is 2. The first kappa shape index (κ1) is 7.72. The van der Waals surface area contributed by atoms with Gasteiger partial charge in [-0.25, -0.2) is 0 Å². The van der Waals surface area contributed by atoms with Crippen LogP contribution >= 0.6 is 0 Å². The highest BCUT2D eigenvalue weighted by Gasteiger charge is 2.05. The third kappa shape index (κ3) is 1.37. The Labute approximate surface area is 64.9 Å². The summed E-state index contributed by atoms with van der Waals surface area (Å²) in [6.45, 7) is 1.69. The lowest BCUT2D eigenvalue weighted by molar-refractivity contribution is 0.366. The second-order valence-electron chi connectivity index (χ2n) is 2.31. The third-order valence-electron chi connectivity index (χ3n) is 1.47. The molecule has 0 amide bonds. The van der Waals surface area contributed by atoms with Gasteiger partial charge in [-0.15, -0.1) is 0 Å². The van der Waals surface area contributed by atoms with Crippen LogP contribution in [0, 0.1) is 6.92 Å². The normalized spacial score (nSPS) is 9.64. The van der Waals surface area contributed by atoms with Crippen molar-refractivity contribution in [2.75, 3.05) is 7.11 Å². The zero-order chi connectivity index (χ0) is 8.43. The van der Waals surface area contributed by atoms with E-state index >= 15 is 0 Å². The van der Waals surface area contributed by atoms with E-state index < -0.39 is 0 Å². The van der Waals surface area contributed by atoms with Crippen molar-refractivity contribution < 1.29 is 14.9 Å². The van der Waals surface area contributed by atoms with E-state index in [1.54, 1.807) is 6.92 Å². The van der Waals surface area contributed by atoms with Crippen LogP contribution in [0.4, 0.5) is 0 Å². The smallest absolute Gasteiger partial charge is 0.164 e. The van der Waals surface area contributed by atoms with Crippen molar-refractivity contribution in [1.29, 1.82) is 0 Å². The van der Waals surface area contributed by atoms with Crippen molar-refractivity contribution in [1.82, 2.24) is 0 Å². The van der Waals surface area contributed by atoms with Gasteiger partial charge >= 0.3 is 0 Å². The van der Waals surface area contributed by atoms with E-state index in [-0.39, 0.29) is 11.5 Å². The maximum atomic E-state index is 9.29. The fourth-order valence-corrected chi connectivity index (χ4v) is 0.884. The fraction of sp³-hybridized carbons (Fsp3) is 0.250. The predicted octanol–water partition coefficient (Wildman–Crippen LogP) is 1.41. The number of rotatable bonds is 1. The topological polar surface area (TPSA) is 49.7 Å². The second-order valence-corrected chi connectivity index (χ2v) is 2.31. The summed E-state index contributed by atoms with van der Waals surface area (Å²) in [7, 11) is 1.44. The summed E-state index contributed by atoms with van der Waals surface area (Å²) < 4.78 is 4.80. The summed E-state index contributed by atoms with van der Waals surface area (Å²) >= 11 is 0. The van der Waals surface area contributed by atoms with Gasteiger partial charge in [0.25, 0.3) is 0 Å². The van der Waals surface area contributed by atoms with Gasteiger partial charge in [0.2, 0.25) is 0 Å². The Bertz CT molecular complexity index is 268. The molecule has 0 aliphatic heterocycles. The third-order valence-corrected chi connectivity index (χ3v) is 1.47. The summed E-state index contributed by atoms with van der Waals surface area (Å²) in [5.41, 5.74) is 0.599. The number of ether oxygens (including phenoxy) is 1. The minimum atomic E-state index is 0.0744. The Morgan fingerprint density at radius 1 is 1.27 bits per heavy atom. The van der Waals surface area contributed by atoms with Crippen LogP contribution in [-0.2, 0) is 0 Å². The lowest BCUT2D eigenvalue weighted by Gasteiger charge is -2.05. The van der Waals surface area contributed by atoms with Crippen LogP contribution in [-0.4, -0.2) is 17.3 Å². The highest BCUT2D eigenvalue weighted by molar-refractivity contribution is 5.49. The minimum Gasteiger partial charge on any atom is -0.508 e. The number of benzene rings is 1. The van der Waals surface area contributed by atoms with Crippen LogP contribution in [0.1, 0.15) is 5.56 Å². The zero-order valence-corrected chi connectivity index (χ0v) is 6.46. The number of aryl methyl sites for hydroxylation is 1. The average molecular weight is 154 g/mol. The molecule has 2 N–H and O–H groups in total. The van der Waals surface area contributed by atoms with Gasteiger partial charge in [0, 0.05) is 6.07 Å². The molecule has 0 heterocycles. The molecule has 1 rings (SSSR count). The molecular weight excluding hydrogens is 144 g/mol. The summed E-state index contributed by atoms with van der Waals surface area (Å²) in [4.78, 5) is 0. The maximum Gasteiger partial charge on any atom is 0.164 e. The molecule has 3 heteroatoms. The Hall–Kier alpha value is -1.38. The van der Waals surface area contributed by atoms with Crippen molar-refractivity contribution in [3.63, 3.8) is 0 Å². The van der Waals surface area contributed by atoms with Crippen molar-refractivity contribution in [2.24, 2.45) is 0 Å². The molecule has 0 fully saturated rings. The minimum absolute atomic E-state index is 0.0744. The molecule has 0 aromatic heterocycles. The number of methoxy groups -OCH3 is 1. The first-order valence-corrected chi connectivity index (χ1v) is 3.21. The molecule has 11 heavy (non-hydrogen) atoms. The van der Waals surface area contributed by atoms with Crippen LogP contribution in [0.25, 0.3) is 0 Å². The van der Waals surface area contributed by atoms with Crippen LogP contribution in [0.2, 0.25) is 0 Å². The molecule has 0 saturated heterocycles. The summed E-state index contributed by atoms with van der Waals surface area (Å²) in [6, 6.07) is 2.83. The molecule has 1 aromatic rings. The number of hydrogen-bond acceptors (Lipinski definition) is 3. The molecule has 60 valence electrons. The van der Waals surface area contributed by atoms with Gasteiger partial charge in [-0.1, -0.05) is 0 Å². The fourth-order valence-electron chi connectivity index (χ4n) is 0.884. The van der Waals surface area contributed by atoms with Gasteiger partial charge in [0.1, 0.15) is 5.75 Å². The van der Waals surface area contributed by atoms with Gasteiger partial charge in [-0.3, -0.25) is 0 Å². The molecule has 0 saturated carbocycles. The highest BCUT2D eigenvalue weighted by atomic mass is 16.5. The summed E-state index contributed by atoms with van der Waals surface area (Å²) in [6.07, 6.45) is 0. The SMILES string of the molecule is COc1cc(O)cc(C)c1O. The standard InChI is InChI=1S/C8H10O3/c1-5-3-6(9)4-7(11-2)8(5)10/h3-4,9-10H,1-2H3. The molecular formula is C8H10O3. The van der Waals surface area contributed by atoms with Crippen LogP contribution < -0.4 is 4.74 Å². The first-order valence-electron chi connectivity index (χ1n) is 3.21. The molecule has 0 bridgehead atoms. The lowest BCUT2D eigenvalue weighted by atomic mass is 10.2. The molecule has 0 spiro atoms. The van der Waals surface area contributed by atoms with Gasteiger partial charge in [0.15, 0.2) is 11.5 Å². The quantitative estimate of drug-likeness (QED) is 0.601. The number of phenolic OH excluding ortho intramolecular Hbond substituents is 2. The van der Waals surface area contributed by atoms with E-state index in [0.29, 0.717) is 11.3 Å². The van der Waals surface area contributed by atoms with Gasteiger partial charge in [-0.05, 0) is 18.6 Å². The number of phenols is 2. The Morgan fingerprint density at radius 3 is 2.45 bits per heavy atom. The van der Waals surface area contributed by atoms with Crippen LogP contribution in [0.15, 0.2) is 12.1 Å². The maximum absolute atomic E-state index is 9.29. The largest absolute Gasteiger partial charge is 0.508 e. The van der Waals surface area contributed by atoms with E-state index in [4.69, 9.17) is 9.84 Å². The van der Waals surface area contributed by atoms with Crippen LogP contribution in [0.5, 0.6) is 17.2 Å². The average Bonchev–Trinajstić information content (AvgIpc) is 1.96. The molecule has 3 nitrogen and oxygen atoms in total.